The predicted molar refractivity (Wildman–Crippen MR) is 169 cm³/mol. The molecule has 6 rings (SSSR count). The van der Waals surface area contributed by atoms with Crippen LogP contribution in [0.15, 0.2) is 95.9 Å². The van der Waals surface area contributed by atoms with Crippen LogP contribution < -0.4 is 15.6 Å². The zero-order valence-corrected chi connectivity index (χ0v) is 25.3. The molecule has 0 spiro atoms. The number of nitrogens with zero attached hydrogens (tertiary/aromatic N) is 5. The smallest absolute Gasteiger partial charge is 0.416 e. The quantitative estimate of drug-likeness (QED) is 0.180. The average Bonchev–Trinajstić information content (AvgIpc) is 3.51. The first-order valence-corrected chi connectivity index (χ1v) is 14.6. The number of aromatic hydroxyl groups is 1. The molecule has 10 nitrogen and oxygen atoms in total. The summed E-state index contributed by atoms with van der Waals surface area (Å²) in [6.45, 7) is 1.44. The van der Waals surface area contributed by atoms with E-state index in [1.165, 1.54) is 12.3 Å². The molecule has 0 fully saturated rings. The zero-order chi connectivity index (χ0) is 33.3. The van der Waals surface area contributed by atoms with Gasteiger partial charge < -0.3 is 19.7 Å². The number of ether oxygens (including phenoxy) is 1. The summed E-state index contributed by atoms with van der Waals surface area (Å²) >= 11 is 6.09. The fourth-order valence-electron chi connectivity index (χ4n) is 5.02. The summed E-state index contributed by atoms with van der Waals surface area (Å²) in [5, 5.41) is 16.8. The van der Waals surface area contributed by atoms with Gasteiger partial charge in [0.05, 0.1) is 21.8 Å². The van der Waals surface area contributed by atoms with Crippen LogP contribution in [0.3, 0.4) is 0 Å². The summed E-state index contributed by atoms with van der Waals surface area (Å²) in [6, 6.07) is 21.1. The third kappa shape index (κ3) is 6.38. The van der Waals surface area contributed by atoms with Gasteiger partial charge in [-0.15, -0.1) is 5.10 Å². The number of alkyl halides is 3. The highest BCUT2D eigenvalue weighted by Gasteiger charge is 2.31. The van der Waals surface area contributed by atoms with Crippen molar-refractivity contribution in [2.24, 2.45) is 0 Å². The summed E-state index contributed by atoms with van der Waals surface area (Å²) in [4.78, 5) is 36.0. The Morgan fingerprint density at radius 1 is 1.00 bits per heavy atom. The van der Waals surface area contributed by atoms with E-state index < -0.39 is 23.2 Å². The number of benzene rings is 3. The van der Waals surface area contributed by atoms with Crippen molar-refractivity contribution >= 4 is 29.0 Å². The van der Waals surface area contributed by atoms with E-state index in [1.807, 2.05) is 13.0 Å². The Balaban J connectivity index is 1.43. The van der Waals surface area contributed by atoms with E-state index >= 15 is 0 Å². The Kier molecular flexibility index (Phi) is 8.39. The van der Waals surface area contributed by atoms with Crippen molar-refractivity contribution < 1.29 is 27.8 Å². The summed E-state index contributed by atoms with van der Waals surface area (Å²) in [7, 11) is 0. The molecule has 0 aliphatic heterocycles. The van der Waals surface area contributed by atoms with Gasteiger partial charge >= 0.3 is 6.18 Å². The minimum Gasteiger partial charge on any atom is -0.503 e. The van der Waals surface area contributed by atoms with Crippen molar-refractivity contribution in [3.05, 3.63) is 118 Å². The first-order chi connectivity index (χ1) is 22.5. The number of amides is 1. The number of aromatic nitrogens is 5. The molecule has 0 saturated heterocycles. The maximum atomic E-state index is 14.0. The molecule has 0 aliphatic rings. The van der Waals surface area contributed by atoms with Crippen LogP contribution in [0.2, 0.25) is 5.02 Å². The van der Waals surface area contributed by atoms with Gasteiger partial charge in [0.1, 0.15) is 12.3 Å². The van der Waals surface area contributed by atoms with Crippen LogP contribution in [0.5, 0.6) is 17.4 Å². The molecule has 47 heavy (non-hydrogen) atoms. The SMILES string of the molecule is CCc1c(-c2ccc(Oc3ncccc3O)cc2)c(=O)n2nc(-c3ccccc3)nc2n1CC(=O)Nc1ccc(C(F)(F)F)cc1Cl. The van der Waals surface area contributed by atoms with E-state index in [2.05, 4.69) is 20.4 Å². The number of carbonyl (C=O) groups excluding carboxylic acids is 1. The summed E-state index contributed by atoms with van der Waals surface area (Å²) < 4.78 is 47.8. The molecule has 0 bridgehead atoms. The first kappa shape index (κ1) is 31.3. The summed E-state index contributed by atoms with van der Waals surface area (Å²) in [5.74, 6) is -0.0689. The minimum atomic E-state index is -4.60. The first-order valence-electron chi connectivity index (χ1n) is 14.2. The van der Waals surface area contributed by atoms with Crippen LogP contribution in [-0.2, 0) is 23.9 Å². The van der Waals surface area contributed by atoms with Crippen LogP contribution in [0.1, 0.15) is 18.2 Å². The van der Waals surface area contributed by atoms with Crippen molar-refractivity contribution in [1.82, 2.24) is 24.1 Å². The lowest BCUT2D eigenvalue weighted by Crippen LogP contribution is -2.28. The van der Waals surface area contributed by atoms with Gasteiger partial charge in [-0.05, 0) is 54.4 Å². The number of hydrogen-bond acceptors (Lipinski definition) is 7. The van der Waals surface area contributed by atoms with E-state index in [-0.39, 0.29) is 46.0 Å². The van der Waals surface area contributed by atoms with Crippen LogP contribution in [-0.4, -0.2) is 35.2 Å². The number of anilines is 1. The summed E-state index contributed by atoms with van der Waals surface area (Å²) in [5.41, 5.74) is 0.387. The van der Waals surface area contributed by atoms with E-state index in [0.717, 1.165) is 22.7 Å². The van der Waals surface area contributed by atoms with Crippen molar-refractivity contribution in [1.29, 1.82) is 0 Å². The van der Waals surface area contributed by atoms with Gasteiger partial charge in [0.25, 0.3) is 11.4 Å². The topological polar surface area (TPSA) is 124 Å². The monoisotopic (exact) mass is 660 g/mol. The number of carbonyl (C=O) groups is 1. The number of pyridine rings is 1. The number of nitrogens with one attached hydrogen (secondary N) is 1. The maximum Gasteiger partial charge on any atom is 0.416 e. The van der Waals surface area contributed by atoms with Gasteiger partial charge in [-0.25, -0.2) is 4.98 Å². The molecule has 3 heterocycles. The van der Waals surface area contributed by atoms with E-state index in [1.54, 1.807) is 59.2 Å². The van der Waals surface area contributed by atoms with Crippen LogP contribution >= 0.6 is 11.6 Å². The molecular formula is C33H24ClF3N6O4. The molecule has 0 atom stereocenters. The third-order valence-corrected chi connectivity index (χ3v) is 7.51. The van der Waals surface area contributed by atoms with Gasteiger partial charge in [0.15, 0.2) is 11.6 Å². The lowest BCUT2D eigenvalue weighted by Gasteiger charge is -2.18. The average molecular weight is 661 g/mol. The van der Waals surface area contributed by atoms with E-state index in [0.29, 0.717) is 29.0 Å². The summed E-state index contributed by atoms with van der Waals surface area (Å²) in [6.07, 6.45) is -2.84. The van der Waals surface area contributed by atoms with E-state index in [9.17, 15) is 27.9 Å². The van der Waals surface area contributed by atoms with Crippen LogP contribution in [0.25, 0.3) is 28.3 Å². The molecular weight excluding hydrogens is 637 g/mol. The van der Waals surface area contributed by atoms with Crippen molar-refractivity contribution in [2.45, 2.75) is 26.1 Å². The Morgan fingerprint density at radius 2 is 1.74 bits per heavy atom. The number of hydrogen-bond donors (Lipinski definition) is 2. The molecule has 0 aliphatic carbocycles. The molecule has 6 aromatic rings. The lowest BCUT2D eigenvalue weighted by atomic mass is 10.0. The molecule has 0 unspecified atom stereocenters. The number of rotatable bonds is 8. The van der Waals surface area contributed by atoms with E-state index in [4.69, 9.17) is 16.3 Å². The lowest BCUT2D eigenvalue weighted by molar-refractivity contribution is -0.137. The minimum absolute atomic E-state index is 0.00786. The fraction of sp³-hybridized carbons (Fsp3) is 0.121. The highest BCUT2D eigenvalue weighted by atomic mass is 35.5. The van der Waals surface area contributed by atoms with Crippen molar-refractivity contribution in [3.8, 4) is 39.9 Å². The molecule has 0 saturated carbocycles. The van der Waals surface area contributed by atoms with Gasteiger partial charge in [-0.1, -0.05) is 61.0 Å². The second kappa shape index (κ2) is 12.6. The Bertz CT molecular complexity index is 2170. The van der Waals surface area contributed by atoms with Gasteiger partial charge in [-0.2, -0.15) is 22.7 Å². The third-order valence-electron chi connectivity index (χ3n) is 7.20. The second-order valence-electron chi connectivity index (χ2n) is 10.3. The fourth-order valence-corrected chi connectivity index (χ4v) is 5.25. The largest absolute Gasteiger partial charge is 0.503 e. The molecule has 0 radical (unpaired) electrons. The Morgan fingerprint density at radius 3 is 2.40 bits per heavy atom. The normalized spacial score (nSPS) is 11.5. The molecule has 238 valence electrons. The molecule has 3 aromatic carbocycles. The van der Waals surface area contributed by atoms with Gasteiger partial charge in [0.2, 0.25) is 11.7 Å². The van der Waals surface area contributed by atoms with Gasteiger partial charge in [0, 0.05) is 17.5 Å². The highest BCUT2D eigenvalue weighted by Crippen LogP contribution is 2.34. The van der Waals surface area contributed by atoms with Gasteiger partial charge in [-0.3, -0.25) is 9.59 Å². The molecule has 14 heteroatoms. The highest BCUT2D eigenvalue weighted by molar-refractivity contribution is 6.33. The maximum absolute atomic E-state index is 14.0. The Labute approximate surface area is 269 Å². The molecule has 1 amide bonds. The van der Waals surface area contributed by atoms with Crippen molar-refractivity contribution in [3.63, 3.8) is 0 Å². The number of fused-ring (bicyclic) bond motifs is 1. The number of halogens is 4. The standard InChI is InChI=1S/C33H24ClF3N6O4/c1-2-25-28(19-10-13-22(14-11-19)47-30-26(44)9-6-16-38-30)31(46)43-32(40-29(41-43)20-7-4-3-5-8-20)42(25)18-27(45)39-24-15-12-21(17-23(24)34)33(35,36)37/h3-17,44H,2,18H2,1H3,(H,39,45). The Hall–Kier alpha value is -5.69. The zero-order valence-electron chi connectivity index (χ0n) is 24.5. The van der Waals surface area contributed by atoms with Crippen LogP contribution in [0, 0.1) is 0 Å². The molecule has 3 aromatic heterocycles. The molecule has 2 N–H and O–H groups in total. The second-order valence-corrected chi connectivity index (χ2v) is 10.7. The predicted octanol–water partition coefficient (Wildman–Crippen LogP) is 6.99. The van der Waals surface area contributed by atoms with Crippen LogP contribution in [0.4, 0.5) is 18.9 Å². The van der Waals surface area contributed by atoms with Crippen molar-refractivity contribution in [2.75, 3.05) is 5.32 Å².